The first-order valence-corrected chi connectivity index (χ1v) is 5.48. The maximum absolute atomic E-state index is 12.4. The van der Waals surface area contributed by atoms with Crippen LogP contribution in [0.25, 0.3) is 0 Å². The molecule has 0 unspecified atom stereocenters. The van der Waals surface area contributed by atoms with Gasteiger partial charge >= 0.3 is 6.18 Å². The quantitative estimate of drug-likeness (QED) is 0.699. The summed E-state index contributed by atoms with van der Waals surface area (Å²) in [5.41, 5.74) is 4.29. The van der Waals surface area contributed by atoms with Gasteiger partial charge in [-0.1, -0.05) is 0 Å². The van der Waals surface area contributed by atoms with Crippen LogP contribution in [0.1, 0.15) is 12.6 Å². The van der Waals surface area contributed by atoms with Crippen LogP contribution in [-0.2, 0) is 11.0 Å². The fourth-order valence-corrected chi connectivity index (χ4v) is 1.12. The van der Waals surface area contributed by atoms with E-state index in [9.17, 15) is 18.0 Å². The Bertz CT molecular complexity index is 441. The zero-order valence-electron chi connectivity index (χ0n) is 10.6. The molecule has 1 aromatic heterocycles. The summed E-state index contributed by atoms with van der Waals surface area (Å²) in [5, 5.41) is 5.07. The molecule has 0 spiro atoms. The Morgan fingerprint density at radius 1 is 1.45 bits per heavy atom. The van der Waals surface area contributed by atoms with Crippen LogP contribution in [0, 0.1) is 0 Å². The molecule has 20 heavy (non-hydrogen) atoms. The number of nitrogens with zero attached hydrogens (tertiary/aromatic N) is 2. The van der Waals surface area contributed by atoms with Gasteiger partial charge in [0.25, 0.3) is 0 Å². The maximum atomic E-state index is 12.4. The molecule has 0 fully saturated rings. The van der Waals surface area contributed by atoms with E-state index in [1.165, 1.54) is 6.92 Å². The van der Waals surface area contributed by atoms with Crippen molar-refractivity contribution in [3.63, 3.8) is 0 Å². The summed E-state index contributed by atoms with van der Waals surface area (Å²) in [4.78, 5) is 18.1. The molecule has 1 aromatic rings. The highest BCUT2D eigenvalue weighted by atomic mass is 35.5. The van der Waals surface area contributed by atoms with Crippen LogP contribution in [0.15, 0.2) is 12.3 Å². The molecule has 0 aromatic carbocycles. The monoisotopic (exact) mass is 313 g/mol. The molecule has 10 heteroatoms. The van der Waals surface area contributed by atoms with Crippen molar-refractivity contribution in [2.24, 2.45) is 5.73 Å². The van der Waals surface area contributed by atoms with Gasteiger partial charge in [0.15, 0.2) is 0 Å². The van der Waals surface area contributed by atoms with Gasteiger partial charge in [-0.3, -0.25) is 4.79 Å². The smallest absolute Gasteiger partial charge is 0.353 e. The highest BCUT2D eigenvalue weighted by Gasteiger charge is 2.32. The fraction of sp³-hybridized carbons (Fsp3) is 0.500. The summed E-state index contributed by atoms with van der Waals surface area (Å²) in [5.74, 6) is -0.489. The van der Waals surface area contributed by atoms with Crippen molar-refractivity contribution in [2.75, 3.05) is 18.4 Å². The lowest BCUT2D eigenvalue weighted by molar-refractivity contribution is -0.141. The molecule has 0 aliphatic heterocycles. The van der Waals surface area contributed by atoms with E-state index in [0.29, 0.717) is 0 Å². The number of nitrogens with one attached hydrogen (secondary N) is 2. The van der Waals surface area contributed by atoms with Crippen LogP contribution >= 0.6 is 12.4 Å². The van der Waals surface area contributed by atoms with Gasteiger partial charge in [-0.15, -0.1) is 12.4 Å². The molecule has 114 valence electrons. The second-order valence-electron chi connectivity index (χ2n) is 3.77. The van der Waals surface area contributed by atoms with Crippen LogP contribution in [0.4, 0.5) is 19.1 Å². The van der Waals surface area contributed by atoms with Crippen molar-refractivity contribution in [3.05, 3.63) is 18.0 Å². The predicted molar refractivity (Wildman–Crippen MR) is 69.4 cm³/mol. The summed E-state index contributed by atoms with van der Waals surface area (Å²) in [6.07, 6.45) is -3.50. The first kappa shape index (κ1) is 18.4. The lowest BCUT2D eigenvalue weighted by Gasteiger charge is -2.10. The molecule has 0 aliphatic carbocycles. The van der Waals surface area contributed by atoms with E-state index in [2.05, 4.69) is 20.6 Å². The SMILES string of the molecule is C[C@H](N)C(=O)NCCNc1nccc(C(F)(F)F)n1.Cl. The Morgan fingerprint density at radius 3 is 2.65 bits per heavy atom. The van der Waals surface area contributed by atoms with E-state index in [4.69, 9.17) is 5.73 Å². The normalized spacial score (nSPS) is 12.2. The Morgan fingerprint density at radius 2 is 2.10 bits per heavy atom. The lowest BCUT2D eigenvalue weighted by atomic mass is 10.3. The third-order valence-electron chi connectivity index (χ3n) is 2.07. The molecule has 0 bridgehead atoms. The summed E-state index contributed by atoms with van der Waals surface area (Å²) in [6, 6.07) is 0.146. The Balaban J connectivity index is 0.00000361. The molecule has 0 saturated carbocycles. The van der Waals surface area contributed by atoms with Gasteiger partial charge in [0.05, 0.1) is 6.04 Å². The maximum Gasteiger partial charge on any atom is 0.433 e. The molecule has 1 rings (SSSR count). The van der Waals surface area contributed by atoms with Gasteiger partial charge in [-0.05, 0) is 13.0 Å². The van der Waals surface area contributed by atoms with Gasteiger partial charge in [0.1, 0.15) is 5.69 Å². The van der Waals surface area contributed by atoms with Crippen LogP contribution in [0.3, 0.4) is 0 Å². The van der Waals surface area contributed by atoms with Crippen molar-refractivity contribution < 1.29 is 18.0 Å². The number of amides is 1. The van der Waals surface area contributed by atoms with Gasteiger partial charge in [0, 0.05) is 19.3 Å². The summed E-state index contributed by atoms with van der Waals surface area (Å²) in [6.45, 7) is 1.93. The van der Waals surface area contributed by atoms with E-state index >= 15 is 0 Å². The second-order valence-corrected chi connectivity index (χ2v) is 3.77. The standard InChI is InChI=1S/C10H14F3N5O.ClH/c1-6(14)8(19)15-4-5-17-9-16-3-2-7(18-9)10(11,12)13;/h2-3,6H,4-5,14H2,1H3,(H,15,19)(H,16,17,18);1H/t6-;/m0./s1. The Labute approximate surface area is 119 Å². The average Bonchev–Trinajstić information content (AvgIpc) is 2.33. The van der Waals surface area contributed by atoms with Crippen LogP contribution < -0.4 is 16.4 Å². The second kappa shape index (κ2) is 7.85. The van der Waals surface area contributed by atoms with E-state index in [0.717, 1.165) is 12.3 Å². The summed E-state index contributed by atoms with van der Waals surface area (Å²) < 4.78 is 37.1. The van der Waals surface area contributed by atoms with E-state index in [1.54, 1.807) is 0 Å². The molecule has 6 nitrogen and oxygen atoms in total. The molecule has 1 heterocycles. The highest BCUT2D eigenvalue weighted by Crippen LogP contribution is 2.27. The van der Waals surface area contributed by atoms with Gasteiger partial charge in [-0.2, -0.15) is 13.2 Å². The van der Waals surface area contributed by atoms with Crippen molar-refractivity contribution in [3.8, 4) is 0 Å². The fourth-order valence-electron chi connectivity index (χ4n) is 1.12. The summed E-state index contributed by atoms with van der Waals surface area (Å²) >= 11 is 0. The van der Waals surface area contributed by atoms with Crippen molar-refractivity contribution in [2.45, 2.75) is 19.1 Å². The molecule has 1 atom stereocenters. The molecular weight excluding hydrogens is 299 g/mol. The van der Waals surface area contributed by atoms with Crippen LogP contribution in [-0.4, -0.2) is 35.0 Å². The summed E-state index contributed by atoms with van der Waals surface area (Å²) in [7, 11) is 0. The molecule has 1 amide bonds. The molecule has 0 radical (unpaired) electrons. The number of carbonyl (C=O) groups excluding carboxylic acids is 1. The highest BCUT2D eigenvalue weighted by molar-refractivity contribution is 5.85. The number of hydrogen-bond donors (Lipinski definition) is 3. The topological polar surface area (TPSA) is 92.9 Å². The van der Waals surface area contributed by atoms with Crippen molar-refractivity contribution >= 4 is 24.3 Å². The van der Waals surface area contributed by atoms with Crippen LogP contribution in [0.5, 0.6) is 0 Å². The van der Waals surface area contributed by atoms with E-state index in [-0.39, 0.29) is 37.4 Å². The zero-order valence-corrected chi connectivity index (χ0v) is 11.4. The number of nitrogens with two attached hydrogens (primary N) is 1. The molecule has 0 aliphatic rings. The number of hydrogen-bond acceptors (Lipinski definition) is 5. The zero-order chi connectivity index (χ0) is 14.5. The number of alkyl halides is 3. The van der Waals surface area contributed by atoms with E-state index in [1.807, 2.05) is 0 Å². The molecule has 0 saturated heterocycles. The third-order valence-corrected chi connectivity index (χ3v) is 2.07. The minimum absolute atomic E-state index is 0. The minimum Gasteiger partial charge on any atom is -0.353 e. The minimum atomic E-state index is -4.51. The lowest BCUT2D eigenvalue weighted by Crippen LogP contribution is -2.40. The number of aromatic nitrogens is 2. The molecule has 4 N–H and O–H groups in total. The van der Waals surface area contributed by atoms with Gasteiger partial charge < -0.3 is 16.4 Å². The van der Waals surface area contributed by atoms with Gasteiger partial charge in [0.2, 0.25) is 11.9 Å². The van der Waals surface area contributed by atoms with Gasteiger partial charge in [-0.25, -0.2) is 9.97 Å². The third kappa shape index (κ3) is 6.02. The molecular formula is C10H15ClF3N5O. The van der Waals surface area contributed by atoms with Crippen molar-refractivity contribution in [1.82, 2.24) is 15.3 Å². The number of halogens is 4. The van der Waals surface area contributed by atoms with Crippen LogP contribution in [0.2, 0.25) is 0 Å². The van der Waals surface area contributed by atoms with Crippen molar-refractivity contribution in [1.29, 1.82) is 0 Å². The average molecular weight is 314 g/mol. The predicted octanol–water partition coefficient (Wildman–Crippen LogP) is 0.792. The number of carbonyl (C=O) groups is 1. The first-order valence-electron chi connectivity index (χ1n) is 5.48. The Hall–Kier alpha value is -1.61. The van der Waals surface area contributed by atoms with E-state index < -0.39 is 17.9 Å². The number of rotatable bonds is 5. The number of anilines is 1. The first-order chi connectivity index (χ1) is 8.80. The Kier molecular flexibility index (Phi) is 7.22. The largest absolute Gasteiger partial charge is 0.433 e.